The summed E-state index contributed by atoms with van der Waals surface area (Å²) < 4.78 is 42.8. The van der Waals surface area contributed by atoms with Gasteiger partial charge in [0.25, 0.3) is 8.32 Å². The number of nitrogens with one attached hydrogen (secondary N) is 1. The number of hydrogen-bond donors (Lipinski definition) is 1. The molecule has 0 bridgehead atoms. The van der Waals surface area contributed by atoms with E-state index in [1.807, 2.05) is 72.8 Å². The van der Waals surface area contributed by atoms with Crippen LogP contribution in [0.3, 0.4) is 0 Å². The zero-order valence-electron chi connectivity index (χ0n) is 44.5. The van der Waals surface area contributed by atoms with Gasteiger partial charge in [0, 0.05) is 17.7 Å². The molecule has 17 heteroatoms. The minimum Gasteiger partial charge on any atom is -0.469 e. The van der Waals surface area contributed by atoms with Crippen molar-refractivity contribution < 1.29 is 66.4 Å². The van der Waals surface area contributed by atoms with Crippen molar-refractivity contribution in [3.05, 3.63) is 90.5 Å². The molecule has 1 heterocycles. The van der Waals surface area contributed by atoms with Crippen molar-refractivity contribution in [2.75, 3.05) is 19.0 Å². The Labute approximate surface area is 426 Å². The Morgan fingerprint density at radius 3 is 1.61 bits per heavy atom. The van der Waals surface area contributed by atoms with Crippen LogP contribution >= 0.6 is 0 Å². The van der Waals surface area contributed by atoms with Crippen LogP contribution in [0, 0.1) is 21.7 Å². The lowest BCUT2D eigenvalue weighted by Gasteiger charge is -2.49. The van der Waals surface area contributed by atoms with E-state index in [4.69, 9.17) is 32.8 Å². The molecule has 2 amide bonds. The maximum Gasteiger partial charge on any atom is 0.311 e. The first-order valence-corrected chi connectivity index (χ1v) is 26.8. The number of methoxy groups -OCH3 is 1. The molecule has 0 radical (unpaired) electrons. The maximum absolute atomic E-state index is 15.1. The first-order chi connectivity index (χ1) is 33.5. The highest BCUT2D eigenvalue weighted by atomic mass is 28.4. The minimum atomic E-state index is -2.83. The highest BCUT2D eigenvalue weighted by molar-refractivity contribution is 6.96. The first-order valence-electron chi connectivity index (χ1n) is 24.4. The molecule has 1 aliphatic rings. The summed E-state index contributed by atoms with van der Waals surface area (Å²) in [5.74, 6) is -4.18. The van der Waals surface area contributed by atoms with Gasteiger partial charge in [-0.25, -0.2) is 0 Å². The van der Waals surface area contributed by atoms with Gasteiger partial charge in [-0.15, -0.1) is 0 Å². The molecule has 0 unspecified atom stereocenters. The summed E-state index contributed by atoms with van der Waals surface area (Å²) in [5.41, 5.74) is -3.45. The van der Waals surface area contributed by atoms with E-state index >= 15 is 4.79 Å². The van der Waals surface area contributed by atoms with Crippen molar-refractivity contribution >= 4 is 66.5 Å². The molecule has 1 fully saturated rings. The van der Waals surface area contributed by atoms with E-state index in [-0.39, 0.29) is 32.3 Å². The summed E-state index contributed by atoms with van der Waals surface area (Å²) in [6.07, 6.45) is -7.46. The number of carbonyl (C=O) groups excluding carboxylic acids is 7. The number of para-hydroxylation sites is 1. The van der Waals surface area contributed by atoms with Gasteiger partial charge in [-0.1, -0.05) is 85.3 Å². The van der Waals surface area contributed by atoms with Crippen LogP contribution in [0.2, 0.25) is 6.55 Å². The fourth-order valence-corrected chi connectivity index (χ4v) is 10.2. The van der Waals surface area contributed by atoms with Crippen LogP contribution < -0.4 is 15.7 Å². The van der Waals surface area contributed by atoms with E-state index in [0.29, 0.717) is 17.7 Å². The van der Waals surface area contributed by atoms with Gasteiger partial charge < -0.3 is 43.1 Å². The van der Waals surface area contributed by atoms with Crippen LogP contribution in [0.15, 0.2) is 84.9 Å². The number of esters is 5. The Morgan fingerprint density at radius 1 is 0.653 bits per heavy atom. The summed E-state index contributed by atoms with van der Waals surface area (Å²) in [5, 5.41) is 5.09. The third kappa shape index (κ3) is 15.8. The van der Waals surface area contributed by atoms with E-state index in [2.05, 4.69) is 11.9 Å². The minimum absolute atomic E-state index is 0.0101. The van der Waals surface area contributed by atoms with Gasteiger partial charge in [-0.05, 0) is 119 Å². The van der Waals surface area contributed by atoms with E-state index in [1.54, 1.807) is 95.2 Å². The fourth-order valence-electron chi connectivity index (χ4n) is 7.43. The Hall–Kier alpha value is -5.91. The van der Waals surface area contributed by atoms with Crippen LogP contribution in [-0.2, 0) is 73.0 Å². The van der Waals surface area contributed by atoms with Gasteiger partial charge in [-0.3, -0.25) is 33.6 Å². The highest BCUT2D eigenvalue weighted by Gasteiger charge is 2.57. The van der Waals surface area contributed by atoms with E-state index in [0.717, 1.165) is 15.3 Å². The lowest BCUT2D eigenvalue weighted by Crippen LogP contribution is -2.68. The number of benzene rings is 3. The van der Waals surface area contributed by atoms with Gasteiger partial charge in [0.15, 0.2) is 24.5 Å². The maximum atomic E-state index is 15.1. The third-order valence-electron chi connectivity index (χ3n) is 12.0. The molecule has 72 heavy (non-hydrogen) atoms. The van der Waals surface area contributed by atoms with Gasteiger partial charge in [-0.2, -0.15) is 0 Å². The molecule has 394 valence electrons. The number of unbranched alkanes of at least 4 members (excludes halogenated alkanes) is 1. The van der Waals surface area contributed by atoms with Gasteiger partial charge in [0.05, 0.1) is 35.4 Å². The molecule has 0 aromatic heterocycles. The lowest BCUT2D eigenvalue weighted by molar-refractivity contribution is -0.282. The molecule has 4 rings (SSSR count). The van der Waals surface area contributed by atoms with Gasteiger partial charge in [0.1, 0.15) is 18.8 Å². The number of rotatable bonds is 20. The van der Waals surface area contributed by atoms with Crippen molar-refractivity contribution in [3.63, 3.8) is 0 Å². The van der Waals surface area contributed by atoms with Crippen molar-refractivity contribution in [1.82, 2.24) is 4.90 Å². The van der Waals surface area contributed by atoms with Crippen molar-refractivity contribution in [3.8, 4) is 0 Å². The molecular formula is C55H76N2O14Si. The molecule has 3 aromatic carbocycles. The summed E-state index contributed by atoms with van der Waals surface area (Å²) in [6.45, 7) is 20.9. The topological polar surface area (TPSA) is 199 Å². The lowest BCUT2D eigenvalue weighted by atomic mass is 9.91. The monoisotopic (exact) mass is 1020 g/mol. The molecule has 6 atom stereocenters. The number of nitrogens with zero attached hydrogens (tertiary/aromatic N) is 1. The SMILES string of the molecule is COC(=O)CCCC[C@H](C(=O)Nc1ccccc1CO[Si](C)(c1ccccc1)c1ccccc1)N(C=O)[C@@H]1O[C@H](COC(=O)C(C)(C)C)[C@H](OC(=O)C(C)(C)C)[C@H](OC(=O)C(C)(C)C)[C@H]1OC(=O)C(C)(C)C. The Bertz CT molecular complexity index is 2290. The van der Waals surface area contributed by atoms with Gasteiger partial charge in [0.2, 0.25) is 12.3 Å². The van der Waals surface area contributed by atoms with Crippen LogP contribution in [0.4, 0.5) is 5.69 Å². The average Bonchev–Trinajstić information content (AvgIpc) is 3.31. The van der Waals surface area contributed by atoms with Crippen molar-refractivity contribution in [2.24, 2.45) is 21.7 Å². The van der Waals surface area contributed by atoms with Crippen LogP contribution in [0.1, 0.15) is 114 Å². The fraction of sp³-hybridized carbons (Fsp3) is 0.545. The molecule has 0 spiro atoms. The summed E-state index contributed by atoms with van der Waals surface area (Å²) >= 11 is 0. The molecule has 0 aliphatic carbocycles. The number of anilines is 1. The molecular weight excluding hydrogens is 941 g/mol. The number of amides is 2. The molecule has 3 aromatic rings. The molecule has 1 N–H and O–H groups in total. The van der Waals surface area contributed by atoms with Gasteiger partial charge >= 0.3 is 29.8 Å². The molecule has 0 saturated carbocycles. The van der Waals surface area contributed by atoms with Crippen molar-refractivity contribution in [2.45, 2.75) is 159 Å². The number of hydrogen-bond acceptors (Lipinski definition) is 14. The largest absolute Gasteiger partial charge is 0.469 e. The second-order valence-corrected chi connectivity index (χ2v) is 25.9. The second kappa shape index (κ2) is 24.7. The summed E-state index contributed by atoms with van der Waals surface area (Å²) in [7, 11) is -1.57. The van der Waals surface area contributed by atoms with E-state index < -0.39 is 109 Å². The predicted molar refractivity (Wildman–Crippen MR) is 273 cm³/mol. The highest BCUT2D eigenvalue weighted by Crippen LogP contribution is 2.36. The quantitative estimate of drug-likeness (QED) is 0.0389. The Kier molecular flexibility index (Phi) is 20.1. The standard InChI is InChI=1S/C55H76N2O14Si/c1-52(2,3)48(61)66-34-41-43(69-49(62)53(4,5)6)44(70-50(63)54(7,8)9)45(71-51(64)55(10,11)12)47(68-41)57(35-58)40(31-23-24-32-42(59)65-13)46(60)56-39-30-22-21-25-36(39)33-67-72(14,37-26-17-15-18-27-37)38-28-19-16-20-29-38/h15-22,25-30,35,40-41,43-45,47H,23-24,31-34H2,1-14H3,(H,56,60)/t40-,41-,43+,44+,45-,47-/m1/s1. The van der Waals surface area contributed by atoms with E-state index in [9.17, 15) is 28.8 Å². The van der Waals surface area contributed by atoms with Crippen LogP contribution in [-0.4, -0.2) is 106 Å². The zero-order valence-corrected chi connectivity index (χ0v) is 45.5. The predicted octanol–water partition coefficient (Wildman–Crippen LogP) is 7.28. The summed E-state index contributed by atoms with van der Waals surface area (Å²) in [6, 6.07) is 25.6. The number of carbonyl (C=O) groups is 7. The van der Waals surface area contributed by atoms with Crippen LogP contribution in [0.25, 0.3) is 0 Å². The number of ether oxygens (including phenoxy) is 6. The normalized spacial score (nSPS) is 18.9. The van der Waals surface area contributed by atoms with Crippen molar-refractivity contribution in [1.29, 1.82) is 0 Å². The smallest absolute Gasteiger partial charge is 0.311 e. The van der Waals surface area contributed by atoms with Crippen LogP contribution in [0.5, 0.6) is 0 Å². The molecule has 16 nitrogen and oxygen atoms in total. The molecule has 1 saturated heterocycles. The van der Waals surface area contributed by atoms with E-state index in [1.165, 1.54) is 7.11 Å². The third-order valence-corrected chi connectivity index (χ3v) is 15.6. The molecule has 1 aliphatic heterocycles. The summed E-state index contributed by atoms with van der Waals surface area (Å²) in [4.78, 5) is 97.6. The first kappa shape index (κ1) is 58.7. The Morgan fingerprint density at radius 2 is 1.12 bits per heavy atom. The second-order valence-electron chi connectivity index (χ2n) is 22.4. The zero-order chi connectivity index (χ0) is 53.8. The average molecular weight is 1020 g/mol. The Balaban J connectivity index is 1.89.